The Kier molecular flexibility index (Phi) is 2.40. The van der Waals surface area contributed by atoms with Crippen molar-refractivity contribution in [3.05, 3.63) is 29.8 Å². The van der Waals surface area contributed by atoms with E-state index in [0.29, 0.717) is 6.29 Å². The fourth-order valence-electron chi connectivity index (χ4n) is 1.55. The Morgan fingerprint density at radius 1 is 1.31 bits per heavy atom. The first kappa shape index (κ1) is 11.3. The molecule has 1 fully saturated rings. The number of benzene rings is 1. The second-order valence-electron chi connectivity index (χ2n) is 4.30. The zero-order valence-corrected chi connectivity index (χ0v) is 9.99. The van der Waals surface area contributed by atoms with Crippen LogP contribution in [-0.2, 0) is 14.8 Å². The standard InChI is InChI=1S/C11H13NO3S/c1-9-3-5-10(6-4-9)16(14,15)12-7-11(12,2)8-13/h3-6,8H,7H2,1-2H3/t11-,12?/m0/s1. The SMILES string of the molecule is Cc1ccc(S(=O)(=O)N2C[C@@]2(C)C=O)cc1. The molecule has 4 nitrogen and oxygen atoms in total. The number of nitrogens with zero attached hydrogens (tertiary/aromatic N) is 1. The second kappa shape index (κ2) is 3.40. The monoisotopic (exact) mass is 239 g/mol. The van der Waals surface area contributed by atoms with Crippen LogP contribution in [0.3, 0.4) is 0 Å². The van der Waals surface area contributed by atoms with Gasteiger partial charge in [0.05, 0.1) is 4.90 Å². The Morgan fingerprint density at radius 2 is 1.88 bits per heavy atom. The second-order valence-corrected chi connectivity index (χ2v) is 6.16. The van der Waals surface area contributed by atoms with E-state index in [1.165, 1.54) is 4.31 Å². The van der Waals surface area contributed by atoms with E-state index in [9.17, 15) is 13.2 Å². The van der Waals surface area contributed by atoms with Crippen LogP contribution in [0.25, 0.3) is 0 Å². The summed E-state index contributed by atoms with van der Waals surface area (Å²) < 4.78 is 25.3. The van der Waals surface area contributed by atoms with Crippen LogP contribution in [0, 0.1) is 6.92 Å². The minimum Gasteiger partial charge on any atom is -0.301 e. The third-order valence-electron chi connectivity index (χ3n) is 2.79. The lowest BCUT2D eigenvalue weighted by atomic mass is 10.2. The van der Waals surface area contributed by atoms with Crippen LogP contribution in [-0.4, -0.2) is 31.1 Å². The summed E-state index contributed by atoms with van der Waals surface area (Å²) in [7, 11) is -3.50. The van der Waals surface area contributed by atoms with Crippen molar-refractivity contribution < 1.29 is 13.2 Å². The van der Waals surface area contributed by atoms with Crippen LogP contribution < -0.4 is 0 Å². The molecule has 1 aromatic rings. The Labute approximate surface area is 94.9 Å². The molecule has 0 aromatic heterocycles. The average Bonchev–Trinajstić information content (AvgIpc) is 2.93. The van der Waals surface area contributed by atoms with Gasteiger partial charge in [-0.1, -0.05) is 17.7 Å². The Morgan fingerprint density at radius 3 is 2.31 bits per heavy atom. The smallest absolute Gasteiger partial charge is 0.244 e. The first-order valence-electron chi connectivity index (χ1n) is 4.96. The topological polar surface area (TPSA) is 54.2 Å². The lowest BCUT2D eigenvalue weighted by Crippen LogP contribution is -2.22. The van der Waals surface area contributed by atoms with Gasteiger partial charge < -0.3 is 4.79 Å². The van der Waals surface area contributed by atoms with Gasteiger partial charge in [-0.2, -0.15) is 4.31 Å². The Hall–Kier alpha value is -1.20. The average molecular weight is 239 g/mol. The molecular weight excluding hydrogens is 226 g/mol. The van der Waals surface area contributed by atoms with Crippen molar-refractivity contribution >= 4 is 16.3 Å². The van der Waals surface area contributed by atoms with E-state index < -0.39 is 15.6 Å². The number of hydrogen-bond donors (Lipinski definition) is 0. The van der Waals surface area contributed by atoms with Gasteiger partial charge in [0.2, 0.25) is 10.0 Å². The fourth-order valence-corrected chi connectivity index (χ4v) is 3.31. The highest BCUT2D eigenvalue weighted by atomic mass is 32.2. The molecule has 1 saturated heterocycles. The summed E-state index contributed by atoms with van der Waals surface area (Å²) in [6, 6.07) is 6.62. The van der Waals surface area contributed by atoms with Gasteiger partial charge in [0, 0.05) is 6.54 Å². The molecule has 1 aliphatic heterocycles. The molecule has 1 heterocycles. The molecule has 1 unspecified atom stereocenters. The summed E-state index contributed by atoms with van der Waals surface area (Å²) in [5.41, 5.74) is 0.159. The normalized spacial score (nSPS) is 28.8. The molecule has 0 aliphatic carbocycles. The van der Waals surface area contributed by atoms with Gasteiger partial charge in [0.25, 0.3) is 0 Å². The van der Waals surface area contributed by atoms with Crippen LogP contribution in [0.2, 0.25) is 0 Å². The maximum Gasteiger partial charge on any atom is 0.244 e. The lowest BCUT2D eigenvalue weighted by molar-refractivity contribution is -0.110. The highest BCUT2D eigenvalue weighted by Gasteiger charge is 2.55. The quantitative estimate of drug-likeness (QED) is 0.583. The van der Waals surface area contributed by atoms with Crippen LogP contribution in [0.1, 0.15) is 12.5 Å². The van der Waals surface area contributed by atoms with Gasteiger partial charge >= 0.3 is 0 Å². The van der Waals surface area contributed by atoms with Crippen molar-refractivity contribution in [2.75, 3.05) is 6.54 Å². The lowest BCUT2D eigenvalue weighted by Gasteiger charge is -2.07. The zero-order valence-electron chi connectivity index (χ0n) is 9.17. The van der Waals surface area contributed by atoms with Crippen molar-refractivity contribution in [2.45, 2.75) is 24.3 Å². The minimum absolute atomic E-state index is 0.240. The molecule has 0 N–H and O–H groups in total. The van der Waals surface area contributed by atoms with Crippen LogP contribution in [0.15, 0.2) is 29.2 Å². The maximum atomic E-state index is 12.0. The van der Waals surface area contributed by atoms with E-state index in [4.69, 9.17) is 0 Å². The molecule has 86 valence electrons. The molecule has 5 heteroatoms. The van der Waals surface area contributed by atoms with Crippen molar-refractivity contribution in [3.8, 4) is 0 Å². The van der Waals surface area contributed by atoms with Crippen molar-refractivity contribution in [3.63, 3.8) is 0 Å². The summed E-state index contributed by atoms with van der Waals surface area (Å²) in [5.74, 6) is 0. The molecular formula is C11H13NO3S. The molecule has 0 spiro atoms. The van der Waals surface area contributed by atoms with Crippen molar-refractivity contribution in [1.82, 2.24) is 4.31 Å². The van der Waals surface area contributed by atoms with E-state index in [0.717, 1.165) is 5.56 Å². The fraction of sp³-hybridized carbons (Fsp3) is 0.364. The number of sulfonamides is 1. The van der Waals surface area contributed by atoms with E-state index in [-0.39, 0.29) is 11.4 Å². The summed E-state index contributed by atoms with van der Waals surface area (Å²) in [6.07, 6.45) is 0.679. The number of rotatable bonds is 3. The van der Waals surface area contributed by atoms with Crippen molar-refractivity contribution in [2.24, 2.45) is 0 Å². The van der Waals surface area contributed by atoms with E-state index in [1.807, 2.05) is 6.92 Å². The molecule has 0 radical (unpaired) electrons. The summed E-state index contributed by atoms with van der Waals surface area (Å²) >= 11 is 0. The third kappa shape index (κ3) is 1.66. The van der Waals surface area contributed by atoms with Crippen LogP contribution in [0.5, 0.6) is 0 Å². The number of aryl methyl sites for hydroxylation is 1. The maximum absolute atomic E-state index is 12.0. The summed E-state index contributed by atoms with van der Waals surface area (Å²) in [6.45, 7) is 3.78. The van der Waals surface area contributed by atoms with Gasteiger partial charge in [0.1, 0.15) is 11.8 Å². The molecule has 0 saturated carbocycles. The molecule has 2 rings (SSSR count). The van der Waals surface area contributed by atoms with E-state index in [1.54, 1.807) is 31.2 Å². The van der Waals surface area contributed by atoms with Gasteiger partial charge in [-0.05, 0) is 26.0 Å². The van der Waals surface area contributed by atoms with Crippen LogP contribution >= 0.6 is 0 Å². The highest BCUT2D eigenvalue weighted by molar-refractivity contribution is 7.89. The van der Waals surface area contributed by atoms with E-state index >= 15 is 0 Å². The number of carbonyl (C=O) groups is 1. The zero-order chi connectivity index (χ0) is 12.0. The molecule has 1 aliphatic rings. The first-order chi connectivity index (χ1) is 7.40. The predicted molar refractivity (Wildman–Crippen MR) is 59.5 cm³/mol. The highest BCUT2D eigenvalue weighted by Crippen LogP contribution is 2.36. The summed E-state index contributed by atoms with van der Waals surface area (Å²) in [4.78, 5) is 11.0. The molecule has 0 amide bonds. The molecule has 2 atom stereocenters. The largest absolute Gasteiger partial charge is 0.301 e. The van der Waals surface area contributed by atoms with Gasteiger partial charge in [-0.3, -0.25) is 0 Å². The Balaban J connectivity index is 2.35. The Bertz CT molecular complexity index is 521. The van der Waals surface area contributed by atoms with Crippen LogP contribution in [0.4, 0.5) is 0 Å². The minimum atomic E-state index is -3.50. The van der Waals surface area contributed by atoms with Gasteiger partial charge in [-0.15, -0.1) is 0 Å². The molecule has 1 aromatic carbocycles. The predicted octanol–water partition coefficient (Wildman–Crippen LogP) is 0.957. The number of carbonyl (C=O) groups excluding carboxylic acids is 1. The first-order valence-corrected chi connectivity index (χ1v) is 6.40. The third-order valence-corrected chi connectivity index (χ3v) is 4.79. The number of hydrogen-bond acceptors (Lipinski definition) is 3. The summed E-state index contributed by atoms with van der Waals surface area (Å²) in [5, 5.41) is 0. The van der Waals surface area contributed by atoms with Gasteiger partial charge in [0.15, 0.2) is 0 Å². The number of aldehydes is 1. The van der Waals surface area contributed by atoms with Gasteiger partial charge in [-0.25, -0.2) is 8.42 Å². The van der Waals surface area contributed by atoms with E-state index in [2.05, 4.69) is 0 Å². The molecule has 0 bridgehead atoms. The molecule has 16 heavy (non-hydrogen) atoms. The van der Waals surface area contributed by atoms with Crippen molar-refractivity contribution in [1.29, 1.82) is 0 Å².